The highest BCUT2D eigenvalue weighted by atomic mass is 16.5. The average molecular weight is 200 g/mol. The van der Waals surface area contributed by atoms with Gasteiger partial charge in [0.2, 0.25) is 0 Å². The number of rotatable bonds is 4. The Kier molecular flexibility index (Phi) is 11.3. The molecule has 0 aliphatic carbocycles. The summed E-state index contributed by atoms with van der Waals surface area (Å²) in [4.78, 5) is 19.9. The number of methoxy groups -OCH3 is 1. The van der Waals surface area contributed by atoms with Crippen LogP contribution in [0.5, 0.6) is 0 Å². The molecule has 78 valence electrons. The molecule has 0 amide bonds. The molecule has 0 heterocycles. The Hall–Kier alpha value is -2.04. The van der Waals surface area contributed by atoms with Gasteiger partial charge in [0, 0.05) is 12.2 Å². The van der Waals surface area contributed by atoms with Gasteiger partial charge in [-0.3, -0.25) is 0 Å². The van der Waals surface area contributed by atoms with Gasteiger partial charge < -0.3 is 14.6 Å². The fourth-order valence-electron chi connectivity index (χ4n) is 0.275. The molecule has 0 atom stereocenters. The van der Waals surface area contributed by atoms with E-state index in [4.69, 9.17) is 5.11 Å². The standard InChI is InChI=1S/C5H6O4.C4H6O/c1-9-5(8)3-2-4(6)7;1-3-5-4-2/h2-3H,1H3,(H,6,7);3-4H,1-2H2/b3-2-;. The van der Waals surface area contributed by atoms with Crippen molar-refractivity contribution in [3.8, 4) is 0 Å². The number of hydrogen-bond acceptors (Lipinski definition) is 4. The predicted octanol–water partition coefficient (Wildman–Crippen LogP) is 1.09. The first-order valence-electron chi connectivity index (χ1n) is 3.44. The quantitative estimate of drug-likeness (QED) is 0.417. The number of aliphatic carboxylic acids is 1. The van der Waals surface area contributed by atoms with E-state index in [1.54, 1.807) is 0 Å². The van der Waals surface area contributed by atoms with Gasteiger partial charge >= 0.3 is 11.9 Å². The Morgan fingerprint density at radius 1 is 1.21 bits per heavy atom. The van der Waals surface area contributed by atoms with Crippen molar-refractivity contribution in [2.24, 2.45) is 0 Å². The van der Waals surface area contributed by atoms with Crippen LogP contribution < -0.4 is 0 Å². The van der Waals surface area contributed by atoms with Gasteiger partial charge in [-0.1, -0.05) is 13.2 Å². The molecule has 0 saturated carbocycles. The van der Waals surface area contributed by atoms with E-state index in [9.17, 15) is 9.59 Å². The Labute approximate surface area is 81.9 Å². The molecule has 0 saturated heterocycles. The van der Waals surface area contributed by atoms with E-state index in [1.165, 1.54) is 19.6 Å². The average Bonchev–Trinajstić information content (AvgIpc) is 2.16. The van der Waals surface area contributed by atoms with Crippen LogP contribution in [0.4, 0.5) is 0 Å². The third-order valence-corrected chi connectivity index (χ3v) is 0.756. The molecular weight excluding hydrogens is 188 g/mol. The van der Waals surface area contributed by atoms with Crippen LogP contribution in [0.3, 0.4) is 0 Å². The lowest BCUT2D eigenvalue weighted by atomic mass is 10.5. The number of carboxylic acid groups (broad SMARTS) is 1. The summed E-state index contributed by atoms with van der Waals surface area (Å²) in [5, 5.41) is 7.96. The molecule has 0 radical (unpaired) electrons. The van der Waals surface area contributed by atoms with Crippen molar-refractivity contribution < 1.29 is 24.2 Å². The van der Waals surface area contributed by atoms with Crippen LogP contribution in [0, 0.1) is 0 Å². The number of hydrogen-bond donors (Lipinski definition) is 1. The molecule has 1 N–H and O–H groups in total. The van der Waals surface area contributed by atoms with Gasteiger partial charge in [0.05, 0.1) is 19.6 Å². The maximum atomic E-state index is 10.1. The van der Waals surface area contributed by atoms with E-state index in [1.807, 2.05) is 0 Å². The summed E-state index contributed by atoms with van der Waals surface area (Å²) in [7, 11) is 1.18. The molecule has 0 aliphatic rings. The van der Waals surface area contributed by atoms with Crippen LogP contribution in [-0.4, -0.2) is 24.2 Å². The van der Waals surface area contributed by atoms with Crippen molar-refractivity contribution in [1.29, 1.82) is 0 Å². The lowest BCUT2D eigenvalue weighted by Crippen LogP contribution is -1.96. The fourth-order valence-corrected chi connectivity index (χ4v) is 0.275. The molecule has 5 heteroatoms. The van der Waals surface area contributed by atoms with Crippen molar-refractivity contribution in [2.75, 3.05) is 7.11 Å². The Morgan fingerprint density at radius 3 is 1.93 bits per heavy atom. The van der Waals surface area contributed by atoms with Crippen LogP contribution >= 0.6 is 0 Å². The predicted molar refractivity (Wildman–Crippen MR) is 50.3 cm³/mol. The monoisotopic (exact) mass is 200 g/mol. The van der Waals surface area contributed by atoms with Crippen LogP contribution in [0.25, 0.3) is 0 Å². The van der Waals surface area contributed by atoms with E-state index in [0.717, 1.165) is 6.08 Å². The van der Waals surface area contributed by atoms with Gasteiger partial charge in [-0.25, -0.2) is 9.59 Å². The van der Waals surface area contributed by atoms with Crippen LogP contribution in [0.15, 0.2) is 37.8 Å². The molecule has 0 aromatic heterocycles. The normalized spacial score (nSPS) is 8.07. The van der Waals surface area contributed by atoms with Crippen molar-refractivity contribution in [3.05, 3.63) is 37.8 Å². The first kappa shape index (κ1) is 14.5. The number of ether oxygens (including phenoxy) is 2. The summed E-state index contributed by atoms with van der Waals surface area (Å²) < 4.78 is 8.47. The number of carbonyl (C=O) groups excluding carboxylic acids is 1. The van der Waals surface area contributed by atoms with E-state index >= 15 is 0 Å². The second-order valence-corrected chi connectivity index (χ2v) is 1.66. The number of carbonyl (C=O) groups is 2. The van der Waals surface area contributed by atoms with Crippen LogP contribution in [0.2, 0.25) is 0 Å². The second kappa shape index (κ2) is 11.0. The SMILES string of the molecule is C=COC=C.COC(=O)/C=C\C(=O)O. The first-order valence-corrected chi connectivity index (χ1v) is 3.44. The van der Waals surface area contributed by atoms with Gasteiger partial charge in [0.15, 0.2) is 0 Å². The summed E-state index contributed by atoms with van der Waals surface area (Å²) in [6.07, 6.45) is 4.17. The topological polar surface area (TPSA) is 72.8 Å². The van der Waals surface area contributed by atoms with Gasteiger partial charge in [-0.2, -0.15) is 0 Å². The Bertz CT molecular complexity index is 223. The zero-order valence-corrected chi connectivity index (χ0v) is 7.80. The zero-order chi connectivity index (χ0) is 11.4. The molecule has 0 rings (SSSR count). The summed E-state index contributed by atoms with van der Waals surface area (Å²) in [5.41, 5.74) is 0. The summed E-state index contributed by atoms with van der Waals surface area (Å²) >= 11 is 0. The number of esters is 1. The Morgan fingerprint density at radius 2 is 1.71 bits per heavy atom. The minimum atomic E-state index is -1.17. The smallest absolute Gasteiger partial charge is 0.330 e. The van der Waals surface area contributed by atoms with Gasteiger partial charge in [0.1, 0.15) is 0 Å². The molecular formula is C9H12O5. The molecule has 0 aliphatic heterocycles. The highest BCUT2D eigenvalue weighted by Gasteiger charge is 1.91. The largest absolute Gasteiger partial charge is 0.478 e. The second-order valence-electron chi connectivity index (χ2n) is 1.66. The molecule has 0 spiro atoms. The van der Waals surface area contributed by atoms with Crippen LogP contribution in [0.1, 0.15) is 0 Å². The summed E-state index contributed by atoms with van der Waals surface area (Å²) in [5.74, 6) is -1.84. The molecule has 0 bridgehead atoms. The van der Waals surface area contributed by atoms with E-state index < -0.39 is 11.9 Å². The van der Waals surface area contributed by atoms with Crippen molar-refractivity contribution in [1.82, 2.24) is 0 Å². The molecule has 0 unspecified atom stereocenters. The summed E-state index contributed by atoms with van der Waals surface area (Å²) in [6.45, 7) is 6.51. The van der Waals surface area contributed by atoms with Gasteiger partial charge in [-0.15, -0.1) is 0 Å². The fraction of sp³-hybridized carbons (Fsp3) is 0.111. The summed E-state index contributed by atoms with van der Waals surface area (Å²) in [6, 6.07) is 0. The first-order chi connectivity index (χ1) is 6.58. The molecule has 14 heavy (non-hydrogen) atoms. The maximum Gasteiger partial charge on any atom is 0.330 e. The van der Waals surface area contributed by atoms with Crippen LogP contribution in [-0.2, 0) is 19.1 Å². The molecule has 5 nitrogen and oxygen atoms in total. The molecule has 0 aromatic rings. The Balaban J connectivity index is 0. The third-order valence-electron chi connectivity index (χ3n) is 0.756. The lowest BCUT2D eigenvalue weighted by molar-refractivity contribution is -0.136. The zero-order valence-electron chi connectivity index (χ0n) is 7.80. The van der Waals surface area contributed by atoms with Gasteiger partial charge in [0.25, 0.3) is 0 Å². The highest BCUT2D eigenvalue weighted by Crippen LogP contribution is 1.76. The van der Waals surface area contributed by atoms with E-state index in [-0.39, 0.29) is 0 Å². The highest BCUT2D eigenvalue weighted by molar-refractivity contribution is 5.90. The lowest BCUT2D eigenvalue weighted by Gasteiger charge is -1.85. The minimum Gasteiger partial charge on any atom is -0.478 e. The van der Waals surface area contributed by atoms with Gasteiger partial charge in [-0.05, 0) is 0 Å². The third kappa shape index (κ3) is 16.5. The van der Waals surface area contributed by atoms with E-state index in [0.29, 0.717) is 6.08 Å². The maximum absolute atomic E-state index is 10.1. The molecule has 0 aromatic carbocycles. The van der Waals surface area contributed by atoms with E-state index in [2.05, 4.69) is 22.6 Å². The molecule has 0 fully saturated rings. The van der Waals surface area contributed by atoms with Crippen molar-refractivity contribution >= 4 is 11.9 Å². The van der Waals surface area contributed by atoms with Crippen molar-refractivity contribution in [3.63, 3.8) is 0 Å². The van der Waals surface area contributed by atoms with Crippen molar-refractivity contribution in [2.45, 2.75) is 0 Å². The minimum absolute atomic E-state index is 0.669. The number of carboxylic acids is 1.